The Labute approximate surface area is 137 Å². The van der Waals surface area contributed by atoms with Gasteiger partial charge in [0.15, 0.2) is 5.96 Å². The largest absolute Gasteiger partial charge is 0.396 e. The lowest BCUT2D eigenvalue weighted by molar-refractivity contribution is -0.132. The highest BCUT2D eigenvalue weighted by Gasteiger charge is 2.38. The Morgan fingerprint density at radius 3 is 2.57 bits per heavy atom. The summed E-state index contributed by atoms with van der Waals surface area (Å²) >= 11 is 0. The fourth-order valence-corrected chi connectivity index (χ4v) is 2.53. The molecule has 2 heterocycles. The van der Waals surface area contributed by atoms with Crippen LogP contribution in [0, 0.1) is 5.41 Å². The van der Waals surface area contributed by atoms with E-state index in [2.05, 4.69) is 34.6 Å². The lowest BCUT2D eigenvalue weighted by Crippen LogP contribution is -2.54. The Kier molecular flexibility index (Phi) is 6.41. The Hall–Kier alpha value is -1.60. The summed E-state index contributed by atoms with van der Waals surface area (Å²) in [5.74, 6) is 1.64. The molecule has 1 saturated heterocycles. The summed E-state index contributed by atoms with van der Waals surface area (Å²) in [6.45, 7) is 9.38. The maximum atomic E-state index is 9.50. The highest BCUT2D eigenvalue weighted by Crippen LogP contribution is 2.25. The third-order valence-electron chi connectivity index (χ3n) is 4.13. The zero-order valence-electron chi connectivity index (χ0n) is 14.3. The van der Waals surface area contributed by atoms with Crippen molar-refractivity contribution in [2.24, 2.45) is 10.4 Å². The minimum Gasteiger partial charge on any atom is -0.396 e. The zero-order chi connectivity index (χ0) is 16.7. The molecule has 0 bridgehead atoms. The van der Waals surface area contributed by atoms with E-state index in [1.807, 2.05) is 6.92 Å². The molecule has 1 aromatic heterocycles. The van der Waals surface area contributed by atoms with Crippen LogP contribution in [0.2, 0.25) is 0 Å². The van der Waals surface area contributed by atoms with Gasteiger partial charge in [-0.2, -0.15) is 0 Å². The first kappa shape index (κ1) is 17.7. The normalized spacial score (nSPS) is 17.0. The monoisotopic (exact) mass is 324 g/mol. The molecule has 2 rings (SSSR count). The lowest BCUT2D eigenvalue weighted by Gasteiger charge is -2.40. The number of aryl methyl sites for hydroxylation is 2. The SMILES string of the molecule is CCNC(=NCc1c(CC)noc1CC)NCC1(CO)COC1. The van der Waals surface area contributed by atoms with E-state index < -0.39 is 0 Å². The summed E-state index contributed by atoms with van der Waals surface area (Å²) in [4.78, 5) is 4.64. The Morgan fingerprint density at radius 2 is 2.04 bits per heavy atom. The first-order valence-electron chi connectivity index (χ1n) is 8.35. The standard InChI is InChI=1S/C16H28N4O3/c1-4-13-12(14(5-2)23-20-13)7-18-15(17-6-3)19-8-16(9-21)10-22-11-16/h21H,4-11H2,1-3H3,(H2,17,18,19). The Balaban J connectivity index is 2.02. The second-order valence-corrected chi connectivity index (χ2v) is 5.94. The number of hydrogen-bond donors (Lipinski definition) is 3. The van der Waals surface area contributed by atoms with Gasteiger partial charge in [0.25, 0.3) is 0 Å². The predicted octanol–water partition coefficient (Wildman–Crippen LogP) is 0.863. The predicted molar refractivity (Wildman–Crippen MR) is 88.4 cm³/mol. The van der Waals surface area contributed by atoms with Crippen molar-refractivity contribution in [1.29, 1.82) is 0 Å². The van der Waals surface area contributed by atoms with Gasteiger partial charge < -0.3 is 25.0 Å². The van der Waals surface area contributed by atoms with E-state index in [-0.39, 0.29) is 12.0 Å². The first-order valence-corrected chi connectivity index (χ1v) is 8.35. The van der Waals surface area contributed by atoms with Gasteiger partial charge in [-0.3, -0.25) is 0 Å². The second kappa shape index (κ2) is 8.31. The highest BCUT2D eigenvalue weighted by molar-refractivity contribution is 5.79. The van der Waals surface area contributed by atoms with Crippen LogP contribution in [0.5, 0.6) is 0 Å². The van der Waals surface area contributed by atoms with Crippen LogP contribution < -0.4 is 10.6 Å². The van der Waals surface area contributed by atoms with Gasteiger partial charge in [0.2, 0.25) is 0 Å². The van der Waals surface area contributed by atoms with Crippen LogP contribution >= 0.6 is 0 Å². The first-order chi connectivity index (χ1) is 11.2. The van der Waals surface area contributed by atoms with E-state index in [0.29, 0.717) is 26.3 Å². The molecule has 7 nitrogen and oxygen atoms in total. The molecule has 0 saturated carbocycles. The van der Waals surface area contributed by atoms with E-state index in [0.717, 1.165) is 42.4 Å². The molecule has 23 heavy (non-hydrogen) atoms. The third-order valence-corrected chi connectivity index (χ3v) is 4.13. The average Bonchev–Trinajstić information content (AvgIpc) is 2.93. The van der Waals surface area contributed by atoms with Gasteiger partial charge >= 0.3 is 0 Å². The molecule has 1 aliphatic heterocycles. The van der Waals surface area contributed by atoms with E-state index in [9.17, 15) is 5.11 Å². The van der Waals surface area contributed by atoms with Crippen molar-refractivity contribution >= 4 is 5.96 Å². The quantitative estimate of drug-likeness (QED) is 0.485. The molecule has 0 aliphatic carbocycles. The van der Waals surface area contributed by atoms with Crippen molar-refractivity contribution < 1.29 is 14.4 Å². The molecule has 0 amide bonds. The fourth-order valence-electron chi connectivity index (χ4n) is 2.53. The van der Waals surface area contributed by atoms with Crippen molar-refractivity contribution in [2.75, 3.05) is 32.9 Å². The van der Waals surface area contributed by atoms with Crippen molar-refractivity contribution in [2.45, 2.75) is 40.2 Å². The minimum absolute atomic E-state index is 0.116. The van der Waals surface area contributed by atoms with Gasteiger partial charge in [-0.25, -0.2) is 4.99 Å². The Bertz CT molecular complexity index is 496. The van der Waals surface area contributed by atoms with Gasteiger partial charge in [0.05, 0.1) is 37.5 Å². The summed E-state index contributed by atoms with van der Waals surface area (Å²) in [5.41, 5.74) is 1.87. The van der Waals surface area contributed by atoms with Crippen LogP contribution in [0.3, 0.4) is 0 Å². The van der Waals surface area contributed by atoms with Crippen molar-refractivity contribution in [3.8, 4) is 0 Å². The average molecular weight is 324 g/mol. The number of rotatable bonds is 8. The van der Waals surface area contributed by atoms with Crippen LogP contribution in [-0.2, 0) is 24.1 Å². The van der Waals surface area contributed by atoms with Crippen molar-refractivity contribution in [3.63, 3.8) is 0 Å². The smallest absolute Gasteiger partial charge is 0.191 e. The van der Waals surface area contributed by atoms with Gasteiger partial charge in [-0.1, -0.05) is 19.0 Å². The highest BCUT2D eigenvalue weighted by atomic mass is 16.5. The fraction of sp³-hybridized carbons (Fsp3) is 0.750. The second-order valence-electron chi connectivity index (χ2n) is 5.94. The van der Waals surface area contributed by atoms with Crippen LogP contribution in [0.1, 0.15) is 37.8 Å². The van der Waals surface area contributed by atoms with Crippen LogP contribution in [0.25, 0.3) is 0 Å². The van der Waals surface area contributed by atoms with Gasteiger partial charge in [0.1, 0.15) is 5.76 Å². The molecule has 130 valence electrons. The molecule has 0 radical (unpaired) electrons. The molecule has 1 fully saturated rings. The number of guanidine groups is 1. The third kappa shape index (κ3) is 4.23. The Morgan fingerprint density at radius 1 is 1.26 bits per heavy atom. The number of aliphatic hydroxyl groups is 1. The van der Waals surface area contributed by atoms with Crippen LogP contribution in [-0.4, -0.2) is 49.1 Å². The van der Waals surface area contributed by atoms with Gasteiger partial charge in [-0.05, 0) is 13.3 Å². The molecule has 0 spiro atoms. The summed E-state index contributed by atoms with van der Waals surface area (Å²) < 4.78 is 10.6. The van der Waals surface area contributed by atoms with Crippen LogP contribution in [0.15, 0.2) is 9.52 Å². The molecule has 3 N–H and O–H groups in total. The van der Waals surface area contributed by atoms with Gasteiger partial charge in [-0.15, -0.1) is 0 Å². The molecule has 1 aliphatic rings. The van der Waals surface area contributed by atoms with Crippen LogP contribution in [0.4, 0.5) is 0 Å². The molecule has 0 aromatic carbocycles. The van der Waals surface area contributed by atoms with E-state index in [1.54, 1.807) is 0 Å². The summed E-state index contributed by atoms with van der Waals surface area (Å²) in [6, 6.07) is 0. The molecule has 1 aromatic rings. The summed E-state index contributed by atoms with van der Waals surface area (Å²) in [6.07, 6.45) is 1.65. The molecule has 0 atom stereocenters. The van der Waals surface area contributed by atoms with E-state index in [1.165, 1.54) is 0 Å². The van der Waals surface area contributed by atoms with E-state index in [4.69, 9.17) is 9.26 Å². The van der Waals surface area contributed by atoms with E-state index >= 15 is 0 Å². The number of nitrogens with one attached hydrogen (secondary N) is 2. The number of aliphatic hydroxyl groups excluding tert-OH is 1. The zero-order valence-corrected chi connectivity index (χ0v) is 14.3. The number of aliphatic imine (C=N–C) groups is 1. The number of nitrogens with zero attached hydrogens (tertiary/aromatic N) is 2. The van der Waals surface area contributed by atoms with Crippen molar-refractivity contribution in [1.82, 2.24) is 15.8 Å². The summed E-state index contributed by atoms with van der Waals surface area (Å²) in [5, 5.41) is 20.1. The van der Waals surface area contributed by atoms with Crippen molar-refractivity contribution in [3.05, 3.63) is 17.0 Å². The number of aromatic nitrogens is 1. The molecule has 0 unspecified atom stereocenters. The molecule has 7 heteroatoms. The summed E-state index contributed by atoms with van der Waals surface area (Å²) in [7, 11) is 0. The topological polar surface area (TPSA) is 91.9 Å². The molecular formula is C16H28N4O3. The lowest BCUT2D eigenvalue weighted by atomic mass is 9.87. The maximum Gasteiger partial charge on any atom is 0.191 e. The van der Waals surface area contributed by atoms with Gasteiger partial charge in [0, 0.05) is 25.1 Å². The maximum absolute atomic E-state index is 9.50. The molecular weight excluding hydrogens is 296 g/mol. The minimum atomic E-state index is -0.184. The number of hydrogen-bond acceptors (Lipinski definition) is 5. The number of ether oxygens (including phenoxy) is 1.